The molecule has 8 heteroatoms. The molecule has 0 bridgehead atoms. The molecule has 1 aliphatic heterocycles. The number of nitrogens with zero attached hydrogens (tertiary/aromatic N) is 3. The van der Waals surface area contributed by atoms with E-state index in [1.807, 2.05) is 24.3 Å². The van der Waals surface area contributed by atoms with Crippen molar-refractivity contribution in [3.05, 3.63) is 30.0 Å². The van der Waals surface area contributed by atoms with E-state index >= 15 is 0 Å². The fraction of sp³-hybridized carbons (Fsp3) is 0.467. The van der Waals surface area contributed by atoms with E-state index in [2.05, 4.69) is 10.4 Å². The highest BCUT2D eigenvalue weighted by atomic mass is 19.4. The third-order valence-electron chi connectivity index (χ3n) is 3.98. The Morgan fingerprint density at radius 3 is 2.70 bits per heavy atom. The number of alkyl halides is 3. The van der Waals surface area contributed by atoms with Gasteiger partial charge in [0.15, 0.2) is 0 Å². The predicted octanol–water partition coefficient (Wildman–Crippen LogP) is 1.74. The largest absolute Gasteiger partial charge is 0.406 e. The van der Waals surface area contributed by atoms with Gasteiger partial charge in [0, 0.05) is 31.4 Å². The van der Waals surface area contributed by atoms with Gasteiger partial charge < -0.3 is 10.2 Å². The van der Waals surface area contributed by atoms with Crippen LogP contribution in [-0.4, -0.2) is 53.4 Å². The Morgan fingerprint density at radius 1 is 1.39 bits per heavy atom. The molecule has 0 radical (unpaired) electrons. The third-order valence-corrected chi connectivity index (χ3v) is 3.98. The summed E-state index contributed by atoms with van der Waals surface area (Å²) in [7, 11) is 1.15. The minimum atomic E-state index is -4.40. The second-order valence-corrected chi connectivity index (χ2v) is 5.78. The number of likely N-dealkylation sites (N-methyl/N-ethyl adjacent to an activating group) is 1. The molecule has 3 rings (SSSR count). The number of para-hydroxylation sites is 1. The Morgan fingerprint density at radius 2 is 2.09 bits per heavy atom. The van der Waals surface area contributed by atoms with Crippen LogP contribution in [-0.2, 0) is 11.3 Å². The summed E-state index contributed by atoms with van der Waals surface area (Å²) in [6.45, 7) is 0.184. The molecule has 0 aliphatic carbocycles. The molecule has 1 N–H and O–H groups in total. The van der Waals surface area contributed by atoms with Crippen molar-refractivity contribution in [2.75, 3.05) is 26.7 Å². The smallest absolute Gasteiger partial charge is 0.335 e. The molecule has 0 spiro atoms. The molecule has 5 nitrogen and oxygen atoms in total. The van der Waals surface area contributed by atoms with Crippen molar-refractivity contribution >= 4 is 16.8 Å². The first kappa shape index (κ1) is 15.8. The van der Waals surface area contributed by atoms with Crippen molar-refractivity contribution in [2.24, 2.45) is 0 Å². The van der Waals surface area contributed by atoms with E-state index in [0.29, 0.717) is 4.90 Å². The minimum absolute atomic E-state index is 0.201. The molecule has 2 aromatic rings. The molecule has 1 amide bonds. The highest BCUT2D eigenvalue weighted by Crippen LogP contribution is 2.27. The van der Waals surface area contributed by atoms with Gasteiger partial charge in [-0.3, -0.25) is 9.48 Å². The van der Waals surface area contributed by atoms with Crippen molar-refractivity contribution in [1.29, 1.82) is 0 Å². The van der Waals surface area contributed by atoms with Gasteiger partial charge in [0.05, 0.1) is 11.2 Å². The molecular weight excluding hydrogens is 309 g/mol. The van der Waals surface area contributed by atoms with Gasteiger partial charge >= 0.3 is 6.18 Å². The molecule has 124 valence electrons. The third kappa shape index (κ3) is 3.31. The molecule has 0 unspecified atom stereocenters. The molecule has 1 saturated heterocycles. The number of carbonyl (C=O) groups excluding carboxylic acids is 1. The van der Waals surface area contributed by atoms with Crippen LogP contribution in [0.1, 0.15) is 11.6 Å². The second kappa shape index (κ2) is 5.84. The van der Waals surface area contributed by atoms with E-state index in [-0.39, 0.29) is 12.5 Å². The molecule has 0 saturated carbocycles. The van der Waals surface area contributed by atoms with Gasteiger partial charge in [0.1, 0.15) is 13.1 Å². The highest BCUT2D eigenvalue weighted by molar-refractivity contribution is 5.85. The molecule has 2 heterocycles. The monoisotopic (exact) mass is 326 g/mol. The number of amides is 1. The average molecular weight is 326 g/mol. The lowest BCUT2D eigenvalue weighted by molar-refractivity contribution is -0.158. The highest BCUT2D eigenvalue weighted by Gasteiger charge is 2.31. The lowest BCUT2D eigenvalue weighted by atomic mass is 9.97. The number of nitrogens with one attached hydrogen (secondary N) is 1. The Hall–Kier alpha value is -2.09. The standard InChI is InChI=1S/C15H17F3N4O/c1-21(9-15(16,17)18)13(23)8-22-12-5-3-2-4-11(12)14(20-22)10-6-19-7-10/h2-5,10,19H,6-9H2,1H3. The second-order valence-electron chi connectivity index (χ2n) is 5.78. The van der Waals surface area contributed by atoms with Gasteiger partial charge in [0.25, 0.3) is 0 Å². The Kier molecular flexibility index (Phi) is 4.01. The molecular formula is C15H17F3N4O. The summed E-state index contributed by atoms with van der Waals surface area (Å²) in [6.07, 6.45) is -4.40. The summed E-state index contributed by atoms with van der Waals surface area (Å²) in [6, 6.07) is 7.47. The van der Waals surface area contributed by atoms with E-state index in [9.17, 15) is 18.0 Å². The summed E-state index contributed by atoms with van der Waals surface area (Å²) in [5.74, 6) is -0.335. The van der Waals surface area contributed by atoms with E-state index in [1.54, 1.807) is 0 Å². The van der Waals surface area contributed by atoms with Crippen LogP contribution in [0.3, 0.4) is 0 Å². The quantitative estimate of drug-likeness (QED) is 0.931. The topological polar surface area (TPSA) is 50.2 Å². The number of aromatic nitrogens is 2. The van der Waals surface area contributed by atoms with Crippen LogP contribution in [0.25, 0.3) is 10.9 Å². The van der Waals surface area contributed by atoms with Crippen LogP contribution in [0.5, 0.6) is 0 Å². The SMILES string of the molecule is CN(CC(F)(F)F)C(=O)Cn1nc(C2CNC2)c2ccccc21. The van der Waals surface area contributed by atoms with Crippen molar-refractivity contribution in [3.8, 4) is 0 Å². The molecule has 1 aliphatic rings. The molecule has 23 heavy (non-hydrogen) atoms. The maximum atomic E-state index is 12.4. The van der Waals surface area contributed by atoms with E-state index < -0.39 is 18.6 Å². The first-order valence-electron chi connectivity index (χ1n) is 7.32. The van der Waals surface area contributed by atoms with Crippen LogP contribution < -0.4 is 5.32 Å². The fourth-order valence-electron chi connectivity index (χ4n) is 2.66. The fourth-order valence-corrected chi connectivity index (χ4v) is 2.66. The van der Waals surface area contributed by atoms with Crippen molar-refractivity contribution in [3.63, 3.8) is 0 Å². The maximum absolute atomic E-state index is 12.4. The van der Waals surface area contributed by atoms with E-state index in [0.717, 1.165) is 36.7 Å². The number of benzene rings is 1. The van der Waals surface area contributed by atoms with Gasteiger partial charge in [-0.25, -0.2) is 0 Å². The lowest BCUT2D eigenvalue weighted by Gasteiger charge is -2.25. The van der Waals surface area contributed by atoms with Crippen LogP contribution in [0, 0.1) is 0 Å². The Bertz CT molecular complexity index is 721. The summed E-state index contributed by atoms with van der Waals surface area (Å²) in [5, 5.41) is 8.60. The van der Waals surface area contributed by atoms with E-state index in [4.69, 9.17) is 0 Å². The van der Waals surface area contributed by atoms with Crippen LogP contribution in [0.4, 0.5) is 13.2 Å². The molecule has 1 fully saturated rings. The summed E-state index contributed by atoms with van der Waals surface area (Å²) >= 11 is 0. The summed E-state index contributed by atoms with van der Waals surface area (Å²) in [5.41, 5.74) is 1.66. The van der Waals surface area contributed by atoms with Crippen molar-refractivity contribution < 1.29 is 18.0 Å². The van der Waals surface area contributed by atoms with Gasteiger partial charge in [0.2, 0.25) is 5.91 Å². The Labute approximate surface area is 131 Å². The lowest BCUT2D eigenvalue weighted by Crippen LogP contribution is -2.40. The zero-order valence-corrected chi connectivity index (χ0v) is 12.6. The van der Waals surface area contributed by atoms with Gasteiger partial charge in [-0.15, -0.1) is 0 Å². The predicted molar refractivity (Wildman–Crippen MR) is 79.0 cm³/mol. The summed E-state index contributed by atoms with van der Waals surface area (Å²) in [4.78, 5) is 12.7. The van der Waals surface area contributed by atoms with Crippen LogP contribution in [0.2, 0.25) is 0 Å². The summed E-state index contributed by atoms with van der Waals surface area (Å²) < 4.78 is 38.7. The van der Waals surface area contributed by atoms with Crippen LogP contribution >= 0.6 is 0 Å². The van der Waals surface area contributed by atoms with Gasteiger partial charge in [-0.1, -0.05) is 18.2 Å². The number of hydrogen-bond donors (Lipinski definition) is 1. The number of hydrogen-bond acceptors (Lipinski definition) is 3. The van der Waals surface area contributed by atoms with E-state index in [1.165, 1.54) is 4.68 Å². The zero-order chi connectivity index (χ0) is 16.6. The molecule has 1 aromatic carbocycles. The number of halogens is 3. The van der Waals surface area contributed by atoms with Crippen molar-refractivity contribution in [2.45, 2.75) is 18.6 Å². The van der Waals surface area contributed by atoms with Crippen molar-refractivity contribution in [1.82, 2.24) is 20.0 Å². The first-order valence-corrected chi connectivity index (χ1v) is 7.32. The molecule has 1 aromatic heterocycles. The number of fused-ring (bicyclic) bond motifs is 1. The van der Waals surface area contributed by atoms with Gasteiger partial charge in [-0.05, 0) is 6.07 Å². The number of carbonyl (C=O) groups is 1. The molecule has 0 atom stereocenters. The Balaban J connectivity index is 1.84. The number of rotatable bonds is 4. The first-order chi connectivity index (χ1) is 10.8. The van der Waals surface area contributed by atoms with Crippen LogP contribution in [0.15, 0.2) is 24.3 Å². The zero-order valence-electron chi connectivity index (χ0n) is 12.6. The van der Waals surface area contributed by atoms with Gasteiger partial charge in [-0.2, -0.15) is 18.3 Å². The average Bonchev–Trinajstić information content (AvgIpc) is 2.74. The maximum Gasteiger partial charge on any atom is 0.406 e. The normalized spacial score (nSPS) is 15.7. The minimum Gasteiger partial charge on any atom is -0.335 e.